The number of ether oxygens (including phenoxy) is 2. The minimum Gasteiger partial charge on any atom is -0.493 e. The van der Waals surface area contributed by atoms with Crippen LogP contribution in [0.25, 0.3) is 0 Å². The second-order valence-electron chi connectivity index (χ2n) is 6.92. The standard InChI is InChI=1S/C22H23NO3/c1-13(24)14-10-11-19-18(12-14)15-6-4-7-16(15)21(23-19)17-8-5-9-20(25-2)22(17)26-3/h4-6,8-12,15-16,21,23H,7H2,1-3H3/t15-,16-,21-/m1/s1. The van der Waals surface area contributed by atoms with Crippen molar-refractivity contribution in [2.24, 2.45) is 5.92 Å². The number of allylic oxidation sites excluding steroid dienone is 2. The van der Waals surface area contributed by atoms with Crippen LogP contribution in [0.2, 0.25) is 0 Å². The fourth-order valence-corrected chi connectivity index (χ4v) is 4.28. The van der Waals surface area contributed by atoms with E-state index in [1.165, 1.54) is 5.56 Å². The zero-order valence-corrected chi connectivity index (χ0v) is 15.3. The maximum atomic E-state index is 11.8. The molecule has 1 aliphatic heterocycles. The SMILES string of the molecule is COc1cccc([C@@H]2Nc3ccc(C(C)=O)cc3[C@@H]3C=CC[C@H]32)c1OC. The van der Waals surface area contributed by atoms with Crippen molar-refractivity contribution in [2.45, 2.75) is 25.3 Å². The van der Waals surface area contributed by atoms with Crippen LogP contribution in [-0.4, -0.2) is 20.0 Å². The summed E-state index contributed by atoms with van der Waals surface area (Å²) in [4.78, 5) is 11.8. The number of carbonyl (C=O) groups excluding carboxylic acids is 1. The summed E-state index contributed by atoms with van der Waals surface area (Å²) in [6, 6.07) is 12.1. The number of anilines is 1. The molecule has 1 N–H and O–H groups in total. The highest BCUT2D eigenvalue weighted by atomic mass is 16.5. The lowest BCUT2D eigenvalue weighted by molar-refractivity contribution is 0.101. The Hall–Kier alpha value is -2.75. The van der Waals surface area contributed by atoms with Crippen molar-refractivity contribution in [2.75, 3.05) is 19.5 Å². The number of benzene rings is 2. The maximum absolute atomic E-state index is 11.8. The van der Waals surface area contributed by atoms with E-state index < -0.39 is 0 Å². The van der Waals surface area contributed by atoms with Crippen LogP contribution in [0.3, 0.4) is 0 Å². The zero-order valence-electron chi connectivity index (χ0n) is 15.3. The van der Waals surface area contributed by atoms with Crippen LogP contribution in [0.1, 0.15) is 46.8 Å². The third kappa shape index (κ3) is 2.57. The third-order valence-corrected chi connectivity index (χ3v) is 5.54. The highest BCUT2D eigenvalue weighted by molar-refractivity contribution is 5.95. The number of hydrogen-bond acceptors (Lipinski definition) is 4. The first kappa shape index (κ1) is 16.7. The lowest BCUT2D eigenvalue weighted by Gasteiger charge is -2.38. The van der Waals surface area contributed by atoms with Crippen molar-refractivity contribution < 1.29 is 14.3 Å². The molecule has 0 spiro atoms. The van der Waals surface area contributed by atoms with Gasteiger partial charge in [0.25, 0.3) is 0 Å². The van der Waals surface area contributed by atoms with Gasteiger partial charge >= 0.3 is 0 Å². The Bertz CT molecular complexity index is 887. The van der Waals surface area contributed by atoms with Gasteiger partial charge in [-0.1, -0.05) is 24.3 Å². The second kappa shape index (κ2) is 6.52. The van der Waals surface area contributed by atoms with E-state index in [1.807, 2.05) is 30.3 Å². The van der Waals surface area contributed by atoms with Crippen molar-refractivity contribution in [3.05, 3.63) is 65.2 Å². The summed E-state index contributed by atoms with van der Waals surface area (Å²) in [6.07, 6.45) is 5.51. The van der Waals surface area contributed by atoms with E-state index in [0.717, 1.165) is 34.7 Å². The Kier molecular flexibility index (Phi) is 4.19. The number of nitrogens with one attached hydrogen (secondary N) is 1. The van der Waals surface area contributed by atoms with Gasteiger partial charge in [0.15, 0.2) is 17.3 Å². The van der Waals surface area contributed by atoms with Crippen LogP contribution in [0.5, 0.6) is 11.5 Å². The highest BCUT2D eigenvalue weighted by Crippen LogP contribution is 2.52. The first-order valence-corrected chi connectivity index (χ1v) is 8.93. The van der Waals surface area contributed by atoms with E-state index in [0.29, 0.717) is 11.8 Å². The van der Waals surface area contributed by atoms with Gasteiger partial charge < -0.3 is 14.8 Å². The predicted octanol–water partition coefficient (Wildman–Crippen LogP) is 4.73. The molecule has 0 fully saturated rings. The number of para-hydroxylation sites is 1. The number of methoxy groups -OCH3 is 2. The summed E-state index contributed by atoms with van der Waals surface area (Å²) in [5.41, 5.74) is 4.15. The van der Waals surface area contributed by atoms with Crippen molar-refractivity contribution in [3.63, 3.8) is 0 Å². The molecule has 0 radical (unpaired) electrons. The van der Waals surface area contributed by atoms with Gasteiger partial charge in [0.05, 0.1) is 20.3 Å². The summed E-state index contributed by atoms with van der Waals surface area (Å²) in [5, 5.41) is 3.69. The topological polar surface area (TPSA) is 47.6 Å². The molecule has 0 unspecified atom stereocenters. The van der Waals surface area contributed by atoms with Gasteiger partial charge in [-0.25, -0.2) is 0 Å². The largest absolute Gasteiger partial charge is 0.493 e. The molecule has 4 nitrogen and oxygen atoms in total. The normalized spacial score (nSPS) is 23.0. The van der Waals surface area contributed by atoms with Gasteiger partial charge in [0, 0.05) is 22.7 Å². The summed E-state index contributed by atoms with van der Waals surface area (Å²) < 4.78 is 11.2. The molecule has 3 atom stereocenters. The van der Waals surface area contributed by atoms with Crippen LogP contribution >= 0.6 is 0 Å². The Labute approximate surface area is 153 Å². The molecule has 4 heteroatoms. The fraction of sp³-hybridized carbons (Fsp3) is 0.318. The molecule has 26 heavy (non-hydrogen) atoms. The van der Waals surface area contributed by atoms with Crippen molar-refractivity contribution in [1.29, 1.82) is 0 Å². The predicted molar refractivity (Wildman–Crippen MR) is 102 cm³/mol. The average molecular weight is 349 g/mol. The van der Waals surface area contributed by atoms with E-state index in [4.69, 9.17) is 9.47 Å². The summed E-state index contributed by atoms with van der Waals surface area (Å²) >= 11 is 0. The van der Waals surface area contributed by atoms with Crippen LogP contribution < -0.4 is 14.8 Å². The summed E-state index contributed by atoms with van der Waals surface area (Å²) in [7, 11) is 3.34. The van der Waals surface area contributed by atoms with Crippen LogP contribution in [0.4, 0.5) is 5.69 Å². The molecular formula is C22H23NO3. The number of hydrogen-bond donors (Lipinski definition) is 1. The lowest BCUT2D eigenvalue weighted by Crippen LogP contribution is -2.29. The first-order chi connectivity index (χ1) is 12.6. The minimum atomic E-state index is 0.0999. The van der Waals surface area contributed by atoms with E-state index in [2.05, 4.69) is 23.5 Å². The van der Waals surface area contributed by atoms with Gasteiger partial charge in [-0.2, -0.15) is 0 Å². The lowest BCUT2D eigenvalue weighted by atomic mass is 9.76. The Morgan fingerprint density at radius 3 is 2.69 bits per heavy atom. The zero-order chi connectivity index (χ0) is 18.3. The molecule has 2 aliphatic rings. The van der Waals surface area contributed by atoms with Gasteiger partial charge in [0.1, 0.15) is 0 Å². The average Bonchev–Trinajstić information content (AvgIpc) is 3.16. The van der Waals surface area contributed by atoms with Gasteiger partial charge in [-0.15, -0.1) is 0 Å². The molecule has 2 aromatic carbocycles. The molecule has 0 bridgehead atoms. The molecule has 2 aromatic rings. The third-order valence-electron chi connectivity index (χ3n) is 5.54. The smallest absolute Gasteiger partial charge is 0.165 e. The second-order valence-corrected chi connectivity index (χ2v) is 6.92. The fourth-order valence-electron chi connectivity index (χ4n) is 4.28. The van der Waals surface area contributed by atoms with Crippen molar-refractivity contribution >= 4 is 11.5 Å². The van der Waals surface area contributed by atoms with Crippen LogP contribution in [0.15, 0.2) is 48.6 Å². The minimum absolute atomic E-state index is 0.0999. The number of carbonyl (C=O) groups is 1. The molecular weight excluding hydrogens is 326 g/mol. The number of Topliss-reactive ketones (excluding diaryl/α,β-unsaturated/α-hetero) is 1. The molecule has 1 heterocycles. The van der Waals surface area contributed by atoms with Gasteiger partial charge in [0.2, 0.25) is 0 Å². The Balaban J connectivity index is 1.81. The van der Waals surface area contributed by atoms with E-state index in [1.54, 1.807) is 21.1 Å². The van der Waals surface area contributed by atoms with Gasteiger partial charge in [-0.3, -0.25) is 4.79 Å². The maximum Gasteiger partial charge on any atom is 0.165 e. The molecule has 4 rings (SSSR count). The number of ketones is 1. The van der Waals surface area contributed by atoms with E-state index in [-0.39, 0.29) is 11.8 Å². The van der Waals surface area contributed by atoms with Crippen molar-refractivity contribution in [3.8, 4) is 11.5 Å². The summed E-state index contributed by atoms with van der Waals surface area (Å²) in [5.74, 6) is 2.30. The monoisotopic (exact) mass is 349 g/mol. The number of rotatable bonds is 4. The molecule has 134 valence electrons. The number of fused-ring (bicyclic) bond motifs is 3. The Morgan fingerprint density at radius 1 is 1.12 bits per heavy atom. The van der Waals surface area contributed by atoms with Crippen molar-refractivity contribution in [1.82, 2.24) is 0 Å². The van der Waals surface area contributed by atoms with Crippen LogP contribution in [-0.2, 0) is 0 Å². The van der Waals surface area contributed by atoms with E-state index >= 15 is 0 Å². The molecule has 1 aliphatic carbocycles. The highest BCUT2D eigenvalue weighted by Gasteiger charge is 2.39. The first-order valence-electron chi connectivity index (χ1n) is 8.93. The van der Waals surface area contributed by atoms with E-state index in [9.17, 15) is 4.79 Å². The molecule has 0 amide bonds. The van der Waals surface area contributed by atoms with Crippen LogP contribution in [0, 0.1) is 5.92 Å². The molecule has 0 saturated heterocycles. The molecule has 0 saturated carbocycles. The molecule has 0 aromatic heterocycles. The quantitative estimate of drug-likeness (QED) is 0.640. The van der Waals surface area contributed by atoms with Gasteiger partial charge in [-0.05, 0) is 49.1 Å². The summed E-state index contributed by atoms with van der Waals surface area (Å²) in [6.45, 7) is 1.61. The Morgan fingerprint density at radius 2 is 1.96 bits per heavy atom.